The molecule has 0 radical (unpaired) electrons. The Morgan fingerprint density at radius 1 is 1.14 bits per heavy atom. The van der Waals surface area contributed by atoms with Crippen LogP contribution in [0.1, 0.15) is 31.4 Å². The van der Waals surface area contributed by atoms with Gasteiger partial charge in [-0.1, -0.05) is 25.5 Å². The van der Waals surface area contributed by atoms with Gasteiger partial charge in [0.25, 0.3) is 0 Å². The van der Waals surface area contributed by atoms with Crippen LogP contribution in [0.4, 0.5) is 0 Å². The predicted molar refractivity (Wildman–Crippen MR) is 96.1 cm³/mol. The number of hydrogen-bond donors (Lipinski definition) is 1. The molecule has 1 aliphatic rings. The zero-order valence-corrected chi connectivity index (χ0v) is 15.6. The topological polar surface area (TPSA) is 49.4 Å². The molecule has 7 heteroatoms. The van der Waals surface area contributed by atoms with Crippen LogP contribution in [0.3, 0.4) is 0 Å². The van der Waals surface area contributed by atoms with Crippen LogP contribution in [0, 0.1) is 0 Å². The minimum atomic E-state index is -3.11. The Morgan fingerprint density at radius 2 is 1.68 bits per heavy atom. The van der Waals surface area contributed by atoms with E-state index in [-0.39, 0.29) is 24.8 Å². The van der Waals surface area contributed by atoms with Gasteiger partial charge in [-0.05, 0) is 24.1 Å². The highest BCUT2D eigenvalue weighted by Gasteiger charge is 2.21. The van der Waals surface area contributed by atoms with Gasteiger partial charge in [-0.15, -0.1) is 24.8 Å². The van der Waals surface area contributed by atoms with Crippen molar-refractivity contribution in [2.45, 2.75) is 30.7 Å². The first-order valence-electron chi connectivity index (χ1n) is 7.27. The van der Waals surface area contributed by atoms with Gasteiger partial charge in [0.2, 0.25) is 0 Å². The van der Waals surface area contributed by atoms with Gasteiger partial charge in [0.05, 0.1) is 4.90 Å². The van der Waals surface area contributed by atoms with Gasteiger partial charge in [-0.25, -0.2) is 8.42 Å². The van der Waals surface area contributed by atoms with E-state index in [1.165, 1.54) is 11.8 Å². The molecule has 0 saturated carbocycles. The van der Waals surface area contributed by atoms with Gasteiger partial charge < -0.3 is 5.32 Å². The van der Waals surface area contributed by atoms with Gasteiger partial charge in [0.15, 0.2) is 9.84 Å². The molecule has 22 heavy (non-hydrogen) atoms. The fraction of sp³-hybridized carbons (Fsp3) is 0.600. The molecule has 1 heterocycles. The second kappa shape index (κ2) is 9.73. The van der Waals surface area contributed by atoms with Crippen LogP contribution in [0.2, 0.25) is 0 Å². The SMILES string of the molecule is CCC[C@H](c1ccc(S(C)(=O)=O)cc1)N1CCNCC1.Cl.Cl. The summed E-state index contributed by atoms with van der Waals surface area (Å²) in [6.07, 6.45) is 3.49. The summed E-state index contributed by atoms with van der Waals surface area (Å²) in [6.45, 7) is 6.36. The van der Waals surface area contributed by atoms with Crippen LogP contribution < -0.4 is 5.32 Å². The van der Waals surface area contributed by atoms with Crippen molar-refractivity contribution in [3.05, 3.63) is 29.8 Å². The van der Waals surface area contributed by atoms with Crippen LogP contribution in [0.15, 0.2) is 29.2 Å². The monoisotopic (exact) mass is 368 g/mol. The number of hydrogen-bond acceptors (Lipinski definition) is 4. The van der Waals surface area contributed by atoms with Gasteiger partial charge in [0.1, 0.15) is 0 Å². The van der Waals surface area contributed by atoms with E-state index in [2.05, 4.69) is 17.1 Å². The fourth-order valence-electron chi connectivity index (χ4n) is 2.76. The van der Waals surface area contributed by atoms with E-state index in [4.69, 9.17) is 0 Å². The molecule has 0 aromatic heterocycles. The van der Waals surface area contributed by atoms with Crippen molar-refractivity contribution in [2.24, 2.45) is 0 Å². The molecule has 1 fully saturated rings. The van der Waals surface area contributed by atoms with Crippen LogP contribution in [0.25, 0.3) is 0 Å². The maximum absolute atomic E-state index is 11.5. The molecule has 1 N–H and O–H groups in total. The number of sulfone groups is 1. The molecule has 0 amide bonds. The Balaban J connectivity index is 0.00000220. The molecular weight excluding hydrogens is 343 g/mol. The van der Waals surface area contributed by atoms with Crippen molar-refractivity contribution < 1.29 is 8.42 Å². The molecular formula is C15H26Cl2N2O2S. The van der Waals surface area contributed by atoms with Crippen LogP contribution >= 0.6 is 24.8 Å². The van der Waals surface area contributed by atoms with Crippen LogP contribution in [-0.4, -0.2) is 45.8 Å². The zero-order chi connectivity index (χ0) is 14.6. The van der Waals surface area contributed by atoms with Crippen molar-refractivity contribution in [3.63, 3.8) is 0 Å². The number of nitrogens with zero attached hydrogens (tertiary/aromatic N) is 1. The molecule has 4 nitrogen and oxygen atoms in total. The molecule has 0 spiro atoms. The molecule has 1 aliphatic heterocycles. The molecule has 0 unspecified atom stereocenters. The molecule has 1 atom stereocenters. The van der Waals surface area contributed by atoms with Gasteiger partial charge in [0, 0.05) is 38.5 Å². The third kappa shape index (κ3) is 5.70. The Hall–Kier alpha value is -0.330. The Morgan fingerprint density at radius 3 is 2.14 bits per heavy atom. The third-order valence-electron chi connectivity index (χ3n) is 3.85. The van der Waals surface area contributed by atoms with E-state index in [0.29, 0.717) is 10.9 Å². The predicted octanol–water partition coefficient (Wildman–Crippen LogP) is 2.68. The summed E-state index contributed by atoms with van der Waals surface area (Å²) < 4.78 is 23.0. The summed E-state index contributed by atoms with van der Waals surface area (Å²) in [5, 5.41) is 3.37. The lowest BCUT2D eigenvalue weighted by atomic mass is 10.00. The number of nitrogens with one attached hydrogen (secondary N) is 1. The van der Waals surface area contributed by atoms with Crippen molar-refractivity contribution in [1.82, 2.24) is 10.2 Å². The first-order valence-corrected chi connectivity index (χ1v) is 9.16. The van der Waals surface area contributed by atoms with E-state index in [0.717, 1.165) is 39.0 Å². The molecule has 0 bridgehead atoms. The molecule has 1 aromatic rings. The first kappa shape index (κ1) is 21.7. The van der Waals surface area contributed by atoms with Gasteiger partial charge in [-0.3, -0.25) is 4.90 Å². The van der Waals surface area contributed by atoms with Crippen molar-refractivity contribution >= 4 is 34.7 Å². The highest BCUT2D eigenvalue weighted by molar-refractivity contribution is 7.90. The molecule has 1 aromatic carbocycles. The Kier molecular flexibility index (Phi) is 9.58. The lowest BCUT2D eigenvalue weighted by molar-refractivity contribution is 0.164. The number of benzene rings is 1. The average Bonchev–Trinajstić information content (AvgIpc) is 2.45. The summed E-state index contributed by atoms with van der Waals surface area (Å²) in [5.41, 5.74) is 1.22. The number of piperazine rings is 1. The van der Waals surface area contributed by atoms with Crippen LogP contribution in [-0.2, 0) is 9.84 Å². The summed E-state index contributed by atoms with van der Waals surface area (Å²) >= 11 is 0. The van der Waals surface area contributed by atoms with Gasteiger partial charge >= 0.3 is 0 Å². The Bertz CT molecular complexity index is 529. The maximum atomic E-state index is 11.5. The largest absolute Gasteiger partial charge is 0.314 e. The number of rotatable bonds is 5. The highest BCUT2D eigenvalue weighted by Crippen LogP contribution is 2.27. The van der Waals surface area contributed by atoms with E-state index in [9.17, 15) is 8.42 Å². The summed E-state index contributed by atoms with van der Waals surface area (Å²) in [5.74, 6) is 0. The quantitative estimate of drug-likeness (QED) is 0.867. The van der Waals surface area contributed by atoms with Crippen molar-refractivity contribution in [2.75, 3.05) is 32.4 Å². The molecule has 2 rings (SSSR count). The fourth-order valence-corrected chi connectivity index (χ4v) is 3.39. The molecule has 128 valence electrons. The maximum Gasteiger partial charge on any atom is 0.175 e. The van der Waals surface area contributed by atoms with Crippen molar-refractivity contribution in [1.29, 1.82) is 0 Å². The standard InChI is InChI=1S/C15H24N2O2S.2ClH/c1-3-4-15(17-11-9-16-10-12-17)13-5-7-14(8-6-13)20(2,18)19;;/h5-8,15-16H,3-4,9-12H2,1-2H3;2*1H/t15-;;/m1../s1. The normalized spacial score (nSPS) is 17.2. The first-order chi connectivity index (χ1) is 9.52. The van der Waals surface area contributed by atoms with E-state index < -0.39 is 9.84 Å². The van der Waals surface area contributed by atoms with E-state index in [1.807, 2.05) is 12.1 Å². The second-order valence-electron chi connectivity index (χ2n) is 5.43. The average molecular weight is 369 g/mol. The second-order valence-corrected chi connectivity index (χ2v) is 7.45. The van der Waals surface area contributed by atoms with Crippen LogP contribution in [0.5, 0.6) is 0 Å². The summed E-state index contributed by atoms with van der Waals surface area (Å²) in [7, 11) is -3.11. The molecule has 1 saturated heterocycles. The lowest BCUT2D eigenvalue weighted by Gasteiger charge is -2.35. The Labute approximate surface area is 146 Å². The van der Waals surface area contributed by atoms with Crippen molar-refractivity contribution in [3.8, 4) is 0 Å². The minimum Gasteiger partial charge on any atom is -0.314 e. The minimum absolute atomic E-state index is 0. The molecule has 0 aliphatic carbocycles. The summed E-state index contributed by atoms with van der Waals surface area (Å²) in [4.78, 5) is 2.90. The van der Waals surface area contributed by atoms with E-state index in [1.54, 1.807) is 12.1 Å². The summed E-state index contributed by atoms with van der Waals surface area (Å²) in [6, 6.07) is 7.80. The third-order valence-corrected chi connectivity index (χ3v) is 4.98. The lowest BCUT2D eigenvalue weighted by Crippen LogP contribution is -2.45. The highest BCUT2D eigenvalue weighted by atomic mass is 35.5. The van der Waals surface area contributed by atoms with Gasteiger partial charge in [-0.2, -0.15) is 0 Å². The number of halogens is 2. The zero-order valence-electron chi connectivity index (χ0n) is 13.1. The van der Waals surface area contributed by atoms with E-state index >= 15 is 0 Å². The smallest absolute Gasteiger partial charge is 0.175 e.